The largest absolute Gasteiger partial charge is 0.358 e. The molecule has 0 radical (unpaired) electrons. The molecule has 0 aliphatic heterocycles. The molecule has 9 rings (SSSR count). The Bertz CT molecular complexity index is 2820. The van der Waals surface area contributed by atoms with E-state index in [4.69, 9.17) is 9.10 Å². The summed E-state index contributed by atoms with van der Waals surface area (Å²) in [5.74, 6) is 1.19. The number of hydrogen-bond acceptors (Lipinski definition) is 2. The fourth-order valence-electron chi connectivity index (χ4n) is 7.23. The normalized spacial score (nSPS) is 12.5. The number of pyridine rings is 1. The van der Waals surface area contributed by atoms with E-state index in [0.29, 0.717) is 17.1 Å². The second-order valence-corrected chi connectivity index (χ2v) is 13.0. The van der Waals surface area contributed by atoms with Crippen LogP contribution in [0.1, 0.15) is 29.4 Å². The molecule has 52 heavy (non-hydrogen) atoms. The molecule has 0 fully saturated rings. The van der Waals surface area contributed by atoms with E-state index in [0.717, 1.165) is 55.8 Å². The average molecular weight is 857 g/mol. The summed E-state index contributed by atoms with van der Waals surface area (Å²) < 4.78 is 30.0. The van der Waals surface area contributed by atoms with Gasteiger partial charge in [-0.05, 0) is 70.5 Å². The number of nitrogens with zero attached hydrogens (tertiary/aromatic N) is 5. The maximum Gasteiger partial charge on any atom is 0.188 e. The summed E-state index contributed by atoms with van der Waals surface area (Å²) >= 11 is 0. The molecule has 0 aliphatic carbocycles. The first-order valence-electron chi connectivity index (χ1n) is 18.7. The summed E-state index contributed by atoms with van der Waals surface area (Å²) in [5, 5.41) is 2.19. The van der Waals surface area contributed by atoms with Crippen LogP contribution in [0.3, 0.4) is 0 Å². The van der Waals surface area contributed by atoms with Crippen molar-refractivity contribution in [1.29, 1.82) is 0 Å². The molecule has 6 heteroatoms. The Morgan fingerprint density at radius 3 is 2.25 bits per heavy atom. The standard InChI is InChI=1S/C46H36N5.Pt/c1-32(2)38-18-7-8-19-39(38)33-26-27-47-46(28-33)51-42-21-10-9-20-40(42)41-25-24-37(30-45(41)51)50(34-14-5-4-6-15-34)36-17-13-16-35(29-36)49-31-48(3)43-22-11-12-23-44(43)49;/h4-28,31-32H,1-3H3;/q-1;/i3D3;. The van der Waals surface area contributed by atoms with Crippen molar-refractivity contribution in [3.8, 4) is 22.6 Å². The van der Waals surface area contributed by atoms with Gasteiger partial charge in [0.2, 0.25) is 0 Å². The number of aryl methyl sites for hydroxylation is 1. The topological polar surface area (TPSA) is 30.9 Å². The minimum atomic E-state index is -2.34. The van der Waals surface area contributed by atoms with Crippen molar-refractivity contribution in [2.24, 2.45) is 6.98 Å². The molecular weight excluding hydrogens is 818 g/mol. The van der Waals surface area contributed by atoms with Crippen molar-refractivity contribution in [3.05, 3.63) is 176 Å². The summed E-state index contributed by atoms with van der Waals surface area (Å²) in [6, 6.07) is 56.6. The summed E-state index contributed by atoms with van der Waals surface area (Å²) in [7, 11) is 0. The van der Waals surface area contributed by atoms with Crippen LogP contribution in [-0.2, 0) is 28.0 Å². The molecule has 0 saturated carbocycles. The van der Waals surface area contributed by atoms with Crippen LogP contribution in [0, 0.1) is 12.1 Å². The van der Waals surface area contributed by atoms with Gasteiger partial charge in [-0.15, -0.1) is 29.7 Å². The van der Waals surface area contributed by atoms with E-state index in [-0.39, 0.29) is 21.1 Å². The van der Waals surface area contributed by atoms with E-state index >= 15 is 0 Å². The zero-order valence-corrected chi connectivity index (χ0v) is 30.9. The van der Waals surface area contributed by atoms with Crippen molar-refractivity contribution in [2.45, 2.75) is 19.8 Å². The number of hydrogen-bond donors (Lipinski definition) is 0. The third-order valence-electron chi connectivity index (χ3n) is 9.59. The number of para-hydroxylation sites is 4. The Kier molecular flexibility index (Phi) is 7.91. The van der Waals surface area contributed by atoms with Gasteiger partial charge in [0, 0.05) is 67.4 Å². The predicted molar refractivity (Wildman–Crippen MR) is 211 cm³/mol. The molecule has 0 atom stereocenters. The first-order valence-corrected chi connectivity index (χ1v) is 17.2. The maximum absolute atomic E-state index is 8.19. The monoisotopic (exact) mass is 856 g/mol. The van der Waals surface area contributed by atoms with Crippen molar-refractivity contribution < 1.29 is 25.2 Å². The van der Waals surface area contributed by atoms with Crippen molar-refractivity contribution in [3.63, 3.8) is 0 Å². The number of fused-ring (bicyclic) bond motifs is 4. The summed E-state index contributed by atoms with van der Waals surface area (Å²) in [5.41, 5.74) is 10.2. The molecule has 3 aromatic heterocycles. The van der Waals surface area contributed by atoms with Gasteiger partial charge in [0.25, 0.3) is 0 Å². The van der Waals surface area contributed by atoms with Gasteiger partial charge in [-0.2, -0.15) is 12.1 Å². The Hall–Kier alpha value is -5.77. The number of benzene rings is 6. The van der Waals surface area contributed by atoms with E-state index in [9.17, 15) is 0 Å². The van der Waals surface area contributed by atoms with Crippen LogP contribution >= 0.6 is 0 Å². The SMILES string of the molecule is [2H]C([2H])([2H])n1[cH+]n(-c2[c-]c(N(c3[c-]c4c(cc3)c3ccccc3n4-c3cc(-c4ccccc4C(C)C)ccn3)c3ccccc3)ccc2)c2ccccc21.[Pt]. The van der Waals surface area contributed by atoms with E-state index in [1.54, 1.807) is 6.33 Å². The molecule has 256 valence electrons. The summed E-state index contributed by atoms with van der Waals surface area (Å²) in [6.07, 6.45) is 3.53. The number of aromatic nitrogens is 4. The van der Waals surface area contributed by atoms with Gasteiger partial charge in [0.1, 0.15) is 5.82 Å². The molecule has 9 aromatic rings. The average Bonchev–Trinajstić information content (AvgIpc) is 3.75. The smallest absolute Gasteiger partial charge is 0.188 e. The zero-order chi connectivity index (χ0) is 37.0. The molecule has 0 amide bonds. The van der Waals surface area contributed by atoms with Gasteiger partial charge in [0.05, 0.1) is 0 Å². The number of imidazole rings is 1. The van der Waals surface area contributed by atoms with E-state index in [2.05, 4.69) is 120 Å². The second kappa shape index (κ2) is 13.7. The van der Waals surface area contributed by atoms with E-state index in [1.165, 1.54) is 15.7 Å². The third-order valence-corrected chi connectivity index (χ3v) is 9.59. The molecule has 0 saturated heterocycles. The molecule has 3 heterocycles. The predicted octanol–water partition coefficient (Wildman–Crippen LogP) is 11.6. The molecule has 0 bridgehead atoms. The number of anilines is 3. The van der Waals surface area contributed by atoms with Crippen LogP contribution in [0.2, 0.25) is 0 Å². The van der Waals surface area contributed by atoms with Gasteiger partial charge in [-0.3, -0.25) is 0 Å². The van der Waals surface area contributed by atoms with Crippen LogP contribution in [0.5, 0.6) is 0 Å². The third kappa shape index (κ3) is 5.72. The molecule has 0 N–H and O–H groups in total. The first kappa shape index (κ1) is 29.9. The van der Waals surface area contributed by atoms with Crippen LogP contribution in [0.25, 0.3) is 55.5 Å². The van der Waals surface area contributed by atoms with Crippen molar-refractivity contribution in [2.75, 3.05) is 4.90 Å². The Labute approximate surface area is 322 Å². The van der Waals surface area contributed by atoms with E-state index in [1.807, 2.05) is 71.4 Å². The number of rotatable bonds is 7. The quantitative estimate of drug-likeness (QED) is 0.150. The van der Waals surface area contributed by atoms with Crippen molar-refractivity contribution >= 4 is 49.9 Å². The molecule has 0 aliphatic rings. The van der Waals surface area contributed by atoms with Crippen LogP contribution in [-0.4, -0.2) is 18.7 Å². The second-order valence-electron chi connectivity index (χ2n) is 13.0. The first-order chi connectivity index (χ1) is 26.3. The van der Waals surface area contributed by atoms with Gasteiger partial charge < -0.3 is 9.47 Å². The molecule has 0 spiro atoms. The van der Waals surface area contributed by atoms with Crippen LogP contribution in [0.4, 0.5) is 17.1 Å². The van der Waals surface area contributed by atoms with Gasteiger partial charge >= 0.3 is 0 Å². The minimum Gasteiger partial charge on any atom is -0.358 e. The zero-order valence-electron chi connectivity index (χ0n) is 31.6. The minimum absolute atomic E-state index is 0. The van der Waals surface area contributed by atoms with Crippen LogP contribution < -0.4 is 4.90 Å². The van der Waals surface area contributed by atoms with E-state index < -0.39 is 6.98 Å². The Morgan fingerprint density at radius 2 is 1.42 bits per heavy atom. The van der Waals surface area contributed by atoms with Crippen LogP contribution in [0.15, 0.2) is 158 Å². The maximum atomic E-state index is 8.19. The Morgan fingerprint density at radius 1 is 0.692 bits per heavy atom. The van der Waals surface area contributed by atoms with Gasteiger partial charge in [-0.1, -0.05) is 97.5 Å². The molecule has 5 nitrogen and oxygen atoms in total. The van der Waals surface area contributed by atoms with Gasteiger partial charge in [-0.25, -0.2) is 14.1 Å². The fraction of sp³-hybridized carbons (Fsp3) is 0.0870. The van der Waals surface area contributed by atoms with Gasteiger partial charge in [0.15, 0.2) is 17.4 Å². The summed E-state index contributed by atoms with van der Waals surface area (Å²) in [6.45, 7) is 2.11. The Balaban J connectivity index is 0.00000427. The summed E-state index contributed by atoms with van der Waals surface area (Å²) in [4.78, 5) is 7.08. The molecule has 6 aromatic carbocycles. The molecule has 0 unspecified atom stereocenters. The van der Waals surface area contributed by atoms with Crippen molar-refractivity contribution in [1.82, 2.24) is 18.7 Å². The molecular formula is C46H36N5Pt-. The fourth-order valence-corrected chi connectivity index (χ4v) is 7.23.